The number of aromatic nitrogens is 2. The zero-order valence-electron chi connectivity index (χ0n) is 18.6. The van der Waals surface area contributed by atoms with E-state index in [-0.39, 0.29) is 0 Å². The van der Waals surface area contributed by atoms with E-state index in [1.54, 1.807) is 11.6 Å². The van der Waals surface area contributed by atoms with Gasteiger partial charge in [-0.25, -0.2) is 0 Å². The minimum Gasteiger partial charge on any atom is -0.481 e. The van der Waals surface area contributed by atoms with Gasteiger partial charge in [-0.1, -0.05) is 67.6 Å². The molecule has 0 aliphatic rings. The fourth-order valence-corrected chi connectivity index (χ4v) is 3.65. The smallest absolute Gasteiger partial charge is 0.279 e. The number of benzene rings is 3. The lowest BCUT2D eigenvalue weighted by Crippen LogP contribution is -2.47. The number of hydrogen-bond acceptors (Lipinski definition) is 4. The number of ether oxygens (including phenoxy) is 1. The molecule has 1 atom stereocenters. The molecule has 7 heteroatoms. The number of rotatable bonds is 7. The van der Waals surface area contributed by atoms with Crippen LogP contribution in [0.4, 0.5) is 0 Å². The maximum atomic E-state index is 12.7. The number of nitrogens with zero attached hydrogens (tertiary/aromatic N) is 2. The SMILES string of the molecule is CCc1c(C(=O)NNC(=O)C(C)Oc2ccc3ccccc3c2)cnn1Cc1ccccc1. The molecular weight excluding hydrogens is 416 g/mol. The van der Waals surface area contributed by atoms with Crippen LogP contribution in [0.5, 0.6) is 5.75 Å². The highest BCUT2D eigenvalue weighted by atomic mass is 16.5. The van der Waals surface area contributed by atoms with E-state index in [1.165, 1.54) is 6.20 Å². The van der Waals surface area contributed by atoms with E-state index in [4.69, 9.17) is 4.74 Å². The number of hydrogen-bond donors (Lipinski definition) is 2. The molecule has 0 aliphatic heterocycles. The molecule has 0 saturated carbocycles. The van der Waals surface area contributed by atoms with Gasteiger partial charge < -0.3 is 4.74 Å². The van der Waals surface area contributed by atoms with Gasteiger partial charge in [0.2, 0.25) is 0 Å². The van der Waals surface area contributed by atoms with Gasteiger partial charge in [0.1, 0.15) is 5.75 Å². The lowest BCUT2D eigenvalue weighted by atomic mass is 10.1. The van der Waals surface area contributed by atoms with Crippen LogP contribution in [0.1, 0.15) is 35.5 Å². The van der Waals surface area contributed by atoms with Gasteiger partial charge in [0, 0.05) is 0 Å². The van der Waals surface area contributed by atoms with E-state index in [2.05, 4.69) is 16.0 Å². The van der Waals surface area contributed by atoms with Crippen LogP contribution in [0.2, 0.25) is 0 Å². The van der Waals surface area contributed by atoms with Crippen molar-refractivity contribution < 1.29 is 14.3 Å². The first-order chi connectivity index (χ1) is 16.0. The summed E-state index contributed by atoms with van der Waals surface area (Å²) in [5.74, 6) is -0.290. The highest BCUT2D eigenvalue weighted by Crippen LogP contribution is 2.21. The second-order valence-electron chi connectivity index (χ2n) is 7.71. The molecule has 168 valence electrons. The minimum absolute atomic E-state index is 0.419. The van der Waals surface area contributed by atoms with E-state index in [1.807, 2.05) is 79.7 Å². The largest absolute Gasteiger partial charge is 0.481 e. The molecule has 0 radical (unpaired) electrons. The van der Waals surface area contributed by atoms with Crippen molar-refractivity contribution in [3.63, 3.8) is 0 Å². The maximum absolute atomic E-state index is 12.7. The molecule has 4 aromatic rings. The molecule has 4 rings (SSSR count). The van der Waals surface area contributed by atoms with Crippen LogP contribution in [0.25, 0.3) is 10.8 Å². The van der Waals surface area contributed by atoms with Crippen molar-refractivity contribution in [2.45, 2.75) is 32.9 Å². The minimum atomic E-state index is -0.794. The third kappa shape index (κ3) is 5.20. The Labute approximate surface area is 192 Å². The summed E-state index contributed by atoms with van der Waals surface area (Å²) in [7, 11) is 0. The Bertz CT molecular complexity index is 1270. The Morgan fingerprint density at radius 2 is 1.70 bits per heavy atom. The van der Waals surface area contributed by atoms with Crippen LogP contribution in [-0.4, -0.2) is 27.7 Å². The van der Waals surface area contributed by atoms with Crippen molar-refractivity contribution in [3.8, 4) is 5.75 Å². The first kappa shape index (κ1) is 22.1. The van der Waals surface area contributed by atoms with E-state index in [0.717, 1.165) is 22.0 Å². The topological polar surface area (TPSA) is 85.2 Å². The van der Waals surface area contributed by atoms with Gasteiger partial charge in [-0.3, -0.25) is 25.1 Å². The molecule has 2 amide bonds. The average molecular weight is 443 g/mol. The van der Waals surface area contributed by atoms with E-state index in [9.17, 15) is 9.59 Å². The number of carbonyl (C=O) groups excluding carboxylic acids is 2. The second-order valence-corrected chi connectivity index (χ2v) is 7.71. The van der Waals surface area contributed by atoms with Crippen molar-refractivity contribution in [2.24, 2.45) is 0 Å². The van der Waals surface area contributed by atoms with Gasteiger partial charge in [0.05, 0.1) is 24.0 Å². The highest BCUT2D eigenvalue weighted by molar-refractivity contribution is 5.96. The Kier molecular flexibility index (Phi) is 6.69. The number of hydrazine groups is 1. The molecule has 33 heavy (non-hydrogen) atoms. The van der Waals surface area contributed by atoms with Crippen molar-refractivity contribution >= 4 is 22.6 Å². The van der Waals surface area contributed by atoms with Crippen molar-refractivity contribution in [1.82, 2.24) is 20.6 Å². The normalized spacial score (nSPS) is 11.7. The van der Waals surface area contributed by atoms with E-state index < -0.39 is 17.9 Å². The van der Waals surface area contributed by atoms with Crippen LogP contribution in [-0.2, 0) is 17.8 Å². The Balaban J connectivity index is 1.36. The molecule has 1 unspecified atom stereocenters. The highest BCUT2D eigenvalue weighted by Gasteiger charge is 2.19. The number of nitrogens with one attached hydrogen (secondary N) is 2. The summed E-state index contributed by atoms with van der Waals surface area (Å²) in [6.07, 6.45) is 1.36. The zero-order chi connectivity index (χ0) is 23.2. The number of fused-ring (bicyclic) bond motifs is 1. The molecule has 3 aromatic carbocycles. The second kappa shape index (κ2) is 9.99. The Morgan fingerprint density at radius 3 is 2.45 bits per heavy atom. The predicted molar refractivity (Wildman–Crippen MR) is 127 cm³/mol. The molecule has 2 N–H and O–H groups in total. The van der Waals surface area contributed by atoms with Crippen LogP contribution in [0.15, 0.2) is 79.0 Å². The first-order valence-electron chi connectivity index (χ1n) is 10.9. The number of amides is 2. The molecule has 7 nitrogen and oxygen atoms in total. The molecule has 0 aliphatic carbocycles. The van der Waals surface area contributed by atoms with Gasteiger partial charge in [-0.05, 0) is 41.8 Å². The number of carbonyl (C=O) groups is 2. The molecule has 0 fully saturated rings. The lowest BCUT2D eigenvalue weighted by Gasteiger charge is -2.15. The van der Waals surface area contributed by atoms with Crippen LogP contribution >= 0.6 is 0 Å². The Morgan fingerprint density at radius 1 is 0.970 bits per heavy atom. The summed E-state index contributed by atoms with van der Waals surface area (Å²) in [4.78, 5) is 25.2. The quantitative estimate of drug-likeness (QED) is 0.426. The van der Waals surface area contributed by atoms with Crippen LogP contribution in [0.3, 0.4) is 0 Å². The van der Waals surface area contributed by atoms with Crippen molar-refractivity contribution in [3.05, 3.63) is 95.8 Å². The first-order valence-corrected chi connectivity index (χ1v) is 10.9. The lowest BCUT2D eigenvalue weighted by molar-refractivity contribution is -0.128. The molecule has 0 saturated heterocycles. The Hall–Kier alpha value is -4.13. The summed E-state index contributed by atoms with van der Waals surface area (Å²) >= 11 is 0. The summed E-state index contributed by atoms with van der Waals surface area (Å²) in [6.45, 7) is 4.17. The predicted octanol–water partition coefficient (Wildman–Crippen LogP) is 3.88. The standard InChI is InChI=1S/C26H26N4O3/c1-3-24-23(16-27-30(24)17-19-9-5-4-6-10-19)26(32)29-28-25(31)18(2)33-22-14-13-20-11-7-8-12-21(20)15-22/h4-16,18H,3,17H2,1-2H3,(H,28,31)(H,29,32). The molecule has 1 heterocycles. The van der Waals surface area contributed by atoms with Crippen LogP contribution in [0, 0.1) is 0 Å². The third-order valence-corrected chi connectivity index (χ3v) is 5.41. The van der Waals surface area contributed by atoms with Gasteiger partial charge in [-0.2, -0.15) is 5.10 Å². The monoisotopic (exact) mass is 442 g/mol. The fourth-order valence-electron chi connectivity index (χ4n) is 3.65. The summed E-state index contributed by atoms with van der Waals surface area (Å²) in [6, 6.07) is 23.5. The summed E-state index contributed by atoms with van der Waals surface area (Å²) in [5.41, 5.74) is 7.24. The molecule has 1 aromatic heterocycles. The fraction of sp³-hybridized carbons (Fsp3) is 0.192. The summed E-state index contributed by atoms with van der Waals surface area (Å²) < 4.78 is 7.56. The van der Waals surface area contributed by atoms with E-state index in [0.29, 0.717) is 24.3 Å². The van der Waals surface area contributed by atoms with Gasteiger partial charge in [-0.15, -0.1) is 0 Å². The molecule has 0 bridgehead atoms. The maximum Gasteiger partial charge on any atom is 0.279 e. The van der Waals surface area contributed by atoms with Gasteiger partial charge in [0.25, 0.3) is 11.8 Å². The van der Waals surface area contributed by atoms with Gasteiger partial charge in [0.15, 0.2) is 6.10 Å². The molecule has 0 spiro atoms. The molecular formula is C26H26N4O3. The van der Waals surface area contributed by atoms with Gasteiger partial charge >= 0.3 is 0 Å². The zero-order valence-corrected chi connectivity index (χ0v) is 18.6. The van der Waals surface area contributed by atoms with E-state index >= 15 is 0 Å². The van der Waals surface area contributed by atoms with Crippen molar-refractivity contribution in [2.75, 3.05) is 0 Å². The summed E-state index contributed by atoms with van der Waals surface area (Å²) in [5, 5.41) is 6.48. The third-order valence-electron chi connectivity index (χ3n) is 5.41. The van der Waals surface area contributed by atoms with Crippen LogP contribution < -0.4 is 15.6 Å². The average Bonchev–Trinajstić information content (AvgIpc) is 3.25. The van der Waals surface area contributed by atoms with Crippen molar-refractivity contribution in [1.29, 1.82) is 0 Å².